The molecule has 0 radical (unpaired) electrons. The fraction of sp³-hybridized carbons (Fsp3) is 0.273. The Morgan fingerprint density at radius 3 is 2.55 bits per heavy atom. The lowest BCUT2D eigenvalue weighted by Crippen LogP contribution is -2.37. The molecule has 0 fully saturated rings. The quantitative estimate of drug-likeness (QED) is 0.290. The summed E-state index contributed by atoms with van der Waals surface area (Å²) in [6, 6.07) is 15.1. The van der Waals surface area contributed by atoms with Crippen LogP contribution in [0, 0.1) is 12.7 Å². The van der Waals surface area contributed by atoms with Crippen LogP contribution in [0.15, 0.2) is 65.9 Å². The smallest absolute Gasteiger partial charge is 0.191 e. The summed E-state index contributed by atoms with van der Waals surface area (Å²) < 4.78 is 15.4. The van der Waals surface area contributed by atoms with E-state index in [1.54, 1.807) is 19.2 Å². The van der Waals surface area contributed by atoms with Crippen molar-refractivity contribution in [2.24, 2.45) is 4.99 Å². The summed E-state index contributed by atoms with van der Waals surface area (Å²) >= 11 is 0. The van der Waals surface area contributed by atoms with Gasteiger partial charge in [-0.05, 0) is 42.2 Å². The molecule has 3 aromatic rings. The Hall–Kier alpha value is -2.42. The van der Waals surface area contributed by atoms with E-state index in [2.05, 4.69) is 49.4 Å². The molecule has 1 heterocycles. The van der Waals surface area contributed by atoms with Crippen LogP contribution < -0.4 is 10.6 Å². The van der Waals surface area contributed by atoms with Crippen molar-refractivity contribution in [1.82, 2.24) is 20.2 Å². The molecule has 29 heavy (non-hydrogen) atoms. The van der Waals surface area contributed by atoms with E-state index in [1.807, 2.05) is 25.4 Å². The first-order valence-corrected chi connectivity index (χ1v) is 9.38. The van der Waals surface area contributed by atoms with Crippen molar-refractivity contribution in [1.29, 1.82) is 0 Å². The first-order chi connectivity index (χ1) is 13.6. The Morgan fingerprint density at radius 1 is 1.07 bits per heavy atom. The van der Waals surface area contributed by atoms with Gasteiger partial charge in [0.15, 0.2) is 5.96 Å². The number of guanidine groups is 1. The van der Waals surface area contributed by atoms with E-state index in [1.165, 1.54) is 17.2 Å². The average Bonchev–Trinajstić information content (AvgIpc) is 3.09. The molecule has 2 aromatic carbocycles. The van der Waals surface area contributed by atoms with Crippen molar-refractivity contribution < 1.29 is 4.39 Å². The molecule has 154 valence electrons. The van der Waals surface area contributed by atoms with Gasteiger partial charge in [0.1, 0.15) is 11.6 Å². The van der Waals surface area contributed by atoms with Crippen LogP contribution in [0.4, 0.5) is 4.39 Å². The molecule has 0 aliphatic heterocycles. The molecule has 0 aliphatic rings. The molecule has 5 nitrogen and oxygen atoms in total. The Bertz CT molecular complexity index is 938. The predicted octanol–water partition coefficient (Wildman–Crippen LogP) is 3.90. The number of benzene rings is 2. The average molecular weight is 507 g/mol. The summed E-state index contributed by atoms with van der Waals surface area (Å²) in [5, 5.41) is 6.60. The first-order valence-electron chi connectivity index (χ1n) is 9.38. The van der Waals surface area contributed by atoms with Crippen molar-refractivity contribution in [3.05, 3.63) is 89.3 Å². The fourth-order valence-electron chi connectivity index (χ4n) is 3.03. The molecular formula is C22H27FIN5. The number of rotatable bonds is 7. The normalized spacial score (nSPS) is 11.1. The molecule has 2 N–H and O–H groups in total. The summed E-state index contributed by atoms with van der Waals surface area (Å²) in [5.74, 6) is 1.53. The van der Waals surface area contributed by atoms with Gasteiger partial charge in [-0.25, -0.2) is 9.37 Å². The van der Waals surface area contributed by atoms with Gasteiger partial charge < -0.3 is 15.2 Å². The Morgan fingerprint density at radius 2 is 1.83 bits per heavy atom. The zero-order chi connectivity index (χ0) is 19.8. The van der Waals surface area contributed by atoms with Crippen LogP contribution in [-0.4, -0.2) is 29.1 Å². The summed E-state index contributed by atoms with van der Waals surface area (Å²) in [4.78, 5) is 8.52. The third kappa shape index (κ3) is 7.16. The van der Waals surface area contributed by atoms with Gasteiger partial charge in [-0.2, -0.15) is 0 Å². The van der Waals surface area contributed by atoms with E-state index in [-0.39, 0.29) is 29.8 Å². The Kier molecular flexibility index (Phi) is 9.11. The number of aromatic nitrogens is 2. The number of halogens is 2. The van der Waals surface area contributed by atoms with Crippen LogP contribution in [0.3, 0.4) is 0 Å². The molecule has 3 rings (SSSR count). The van der Waals surface area contributed by atoms with E-state index in [0.717, 1.165) is 30.3 Å². The van der Waals surface area contributed by atoms with Gasteiger partial charge >= 0.3 is 0 Å². The minimum Gasteiger partial charge on any atom is -0.356 e. The number of aryl methyl sites for hydroxylation is 1. The maximum atomic E-state index is 13.2. The van der Waals surface area contributed by atoms with Crippen molar-refractivity contribution in [3.63, 3.8) is 0 Å². The lowest BCUT2D eigenvalue weighted by Gasteiger charge is -2.13. The van der Waals surface area contributed by atoms with Crippen LogP contribution in [-0.2, 0) is 19.5 Å². The maximum absolute atomic E-state index is 13.2. The zero-order valence-corrected chi connectivity index (χ0v) is 19.1. The first kappa shape index (κ1) is 22.9. The zero-order valence-electron chi connectivity index (χ0n) is 16.7. The molecular weight excluding hydrogens is 480 g/mol. The number of aliphatic imine (C=N–C) groups is 1. The molecule has 0 unspecified atom stereocenters. The van der Waals surface area contributed by atoms with E-state index >= 15 is 0 Å². The minimum atomic E-state index is -0.203. The van der Waals surface area contributed by atoms with Gasteiger partial charge in [0, 0.05) is 39.1 Å². The van der Waals surface area contributed by atoms with E-state index in [9.17, 15) is 4.39 Å². The van der Waals surface area contributed by atoms with Crippen molar-refractivity contribution >= 4 is 29.9 Å². The number of nitrogens with one attached hydrogen (secondary N) is 2. The summed E-state index contributed by atoms with van der Waals surface area (Å²) in [6.45, 7) is 4.17. The highest BCUT2D eigenvalue weighted by atomic mass is 127. The highest BCUT2D eigenvalue weighted by Gasteiger charge is 2.03. The summed E-state index contributed by atoms with van der Waals surface area (Å²) in [7, 11) is 1.75. The number of nitrogens with zero attached hydrogens (tertiary/aromatic N) is 3. The highest BCUT2D eigenvalue weighted by molar-refractivity contribution is 14.0. The highest BCUT2D eigenvalue weighted by Crippen LogP contribution is 2.09. The summed E-state index contributed by atoms with van der Waals surface area (Å²) in [6.07, 6.45) is 4.54. The molecule has 0 saturated heterocycles. The number of hydrogen-bond donors (Lipinski definition) is 2. The molecule has 7 heteroatoms. The van der Waals surface area contributed by atoms with Crippen LogP contribution in [0.1, 0.15) is 22.5 Å². The maximum Gasteiger partial charge on any atom is 0.191 e. The van der Waals surface area contributed by atoms with Gasteiger partial charge in [-0.1, -0.05) is 36.4 Å². The summed E-state index contributed by atoms with van der Waals surface area (Å²) in [5.41, 5.74) is 3.38. The Labute approximate surface area is 188 Å². The third-order valence-electron chi connectivity index (χ3n) is 4.55. The van der Waals surface area contributed by atoms with Gasteiger partial charge in [0.05, 0.1) is 0 Å². The topological polar surface area (TPSA) is 54.2 Å². The third-order valence-corrected chi connectivity index (χ3v) is 4.55. The van der Waals surface area contributed by atoms with Crippen LogP contribution in [0.25, 0.3) is 0 Å². The van der Waals surface area contributed by atoms with Crippen molar-refractivity contribution in [2.75, 3.05) is 13.6 Å². The largest absolute Gasteiger partial charge is 0.356 e. The predicted molar refractivity (Wildman–Crippen MR) is 126 cm³/mol. The lowest BCUT2D eigenvalue weighted by atomic mass is 10.1. The minimum absolute atomic E-state index is 0. The molecule has 1 aromatic heterocycles. The molecule has 0 bridgehead atoms. The van der Waals surface area contributed by atoms with Crippen LogP contribution in [0.5, 0.6) is 0 Å². The molecule has 0 aliphatic carbocycles. The van der Waals surface area contributed by atoms with E-state index in [4.69, 9.17) is 0 Å². The fourth-order valence-corrected chi connectivity index (χ4v) is 3.03. The standard InChI is InChI=1S/C22H26FN5.HI/c1-17-25-11-12-28(17)16-20-7-3-6-19(13-20)15-27-22(24-2)26-10-9-18-5-4-8-21(23)14-18;/h3-8,11-14H,9-10,15-16H2,1-2H3,(H2,24,26,27);1H. The molecule has 0 atom stereocenters. The molecule has 0 amide bonds. The van der Waals surface area contributed by atoms with E-state index < -0.39 is 0 Å². The molecule has 0 spiro atoms. The van der Waals surface area contributed by atoms with Crippen LogP contribution in [0.2, 0.25) is 0 Å². The van der Waals surface area contributed by atoms with Gasteiger partial charge in [0.25, 0.3) is 0 Å². The SMILES string of the molecule is CN=C(NCCc1cccc(F)c1)NCc1cccc(Cn2ccnc2C)c1.I. The number of imidazole rings is 1. The second-order valence-corrected chi connectivity index (χ2v) is 6.65. The lowest BCUT2D eigenvalue weighted by molar-refractivity contribution is 0.625. The van der Waals surface area contributed by atoms with Crippen molar-refractivity contribution in [2.45, 2.75) is 26.4 Å². The second kappa shape index (κ2) is 11.5. The monoisotopic (exact) mass is 507 g/mol. The Balaban J connectivity index is 0.00000300. The van der Waals surface area contributed by atoms with E-state index in [0.29, 0.717) is 13.1 Å². The van der Waals surface area contributed by atoms with Gasteiger partial charge in [-0.15, -0.1) is 24.0 Å². The van der Waals surface area contributed by atoms with Crippen molar-refractivity contribution in [3.8, 4) is 0 Å². The van der Waals surface area contributed by atoms with Gasteiger partial charge in [-0.3, -0.25) is 4.99 Å². The number of hydrogen-bond acceptors (Lipinski definition) is 2. The molecule has 0 saturated carbocycles. The van der Waals surface area contributed by atoms with Crippen LogP contribution >= 0.6 is 24.0 Å². The van der Waals surface area contributed by atoms with Gasteiger partial charge in [0.2, 0.25) is 0 Å². The second-order valence-electron chi connectivity index (χ2n) is 6.65.